The van der Waals surface area contributed by atoms with Crippen LogP contribution >= 0.6 is 11.6 Å². The van der Waals surface area contributed by atoms with Crippen LogP contribution in [0.4, 0.5) is 0 Å². The minimum Gasteiger partial charge on any atom is -0.481 e. The normalized spacial score (nSPS) is 19.7. The predicted octanol–water partition coefficient (Wildman–Crippen LogP) is 0.907. The van der Waals surface area contributed by atoms with Crippen LogP contribution in [0, 0.1) is 11.8 Å². The third-order valence-corrected chi connectivity index (χ3v) is 3.51. The van der Waals surface area contributed by atoms with Crippen molar-refractivity contribution in [3.63, 3.8) is 0 Å². The molecule has 0 aromatic heterocycles. The number of nitrogens with one attached hydrogen (secondary N) is 2. The Morgan fingerprint density at radius 1 is 1.10 bits per heavy atom. The van der Waals surface area contributed by atoms with Gasteiger partial charge in [-0.1, -0.05) is 11.6 Å². The second kappa shape index (κ2) is 6.58. The van der Waals surface area contributed by atoms with E-state index in [2.05, 4.69) is 10.6 Å². The van der Waals surface area contributed by atoms with E-state index < -0.39 is 17.8 Å². The quantitative estimate of drug-likeness (QED) is 0.680. The first-order valence-electron chi connectivity index (χ1n) is 6.53. The summed E-state index contributed by atoms with van der Waals surface area (Å²) >= 11 is 5.73. The molecular weight excluding hydrogens is 296 g/mol. The van der Waals surface area contributed by atoms with E-state index in [-0.39, 0.29) is 24.9 Å². The summed E-state index contributed by atoms with van der Waals surface area (Å²) in [5, 5.41) is 14.5. The maximum atomic E-state index is 11.7. The Labute approximate surface area is 126 Å². The van der Waals surface area contributed by atoms with E-state index in [0.717, 1.165) is 0 Å². The third kappa shape index (κ3) is 4.19. The molecule has 0 bridgehead atoms. The Bertz CT molecular complexity index is 559. The maximum Gasteiger partial charge on any atom is 0.307 e. The summed E-state index contributed by atoms with van der Waals surface area (Å²) in [5.41, 5.74) is 0.485. The number of amides is 2. The van der Waals surface area contributed by atoms with E-state index in [4.69, 9.17) is 16.7 Å². The first kappa shape index (κ1) is 15.3. The number of carbonyl (C=O) groups is 3. The largest absolute Gasteiger partial charge is 0.481 e. The van der Waals surface area contributed by atoms with Crippen LogP contribution in [0.1, 0.15) is 16.8 Å². The topological polar surface area (TPSA) is 95.5 Å². The summed E-state index contributed by atoms with van der Waals surface area (Å²) in [6, 6.07) is 6.46. The van der Waals surface area contributed by atoms with Gasteiger partial charge in [0.05, 0.1) is 11.8 Å². The van der Waals surface area contributed by atoms with Crippen molar-refractivity contribution >= 4 is 29.4 Å². The van der Waals surface area contributed by atoms with Gasteiger partial charge in [-0.05, 0) is 30.7 Å². The lowest BCUT2D eigenvalue weighted by atomic mass is 10.2. The number of halogens is 1. The summed E-state index contributed by atoms with van der Waals surface area (Å²) in [4.78, 5) is 33.9. The number of rotatable bonds is 6. The highest BCUT2D eigenvalue weighted by Gasteiger charge is 2.48. The monoisotopic (exact) mass is 310 g/mol. The number of aliphatic carboxylic acids is 1. The highest BCUT2D eigenvalue weighted by molar-refractivity contribution is 6.30. The molecule has 21 heavy (non-hydrogen) atoms. The van der Waals surface area contributed by atoms with Crippen LogP contribution in [-0.2, 0) is 9.59 Å². The molecular formula is C14H15ClN2O4. The van der Waals surface area contributed by atoms with Gasteiger partial charge in [-0.3, -0.25) is 14.4 Å². The summed E-state index contributed by atoms with van der Waals surface area (Å²) in [5.74, 6) is -2.46. The zero-order valence-corrected chi connectivity index (χ0v) is 11.9. The molecule has 3 N–H and O–H groups in total. The smallest absolute Gasteiger partial charge is 0.307 e. The first-order chi connectivity index (χ1) is 9.99. The van der Waals surface area contributed by atoms with Crippen LogP contribution in [-0.4, -0.2) is 36.0 Å². The maximum absolute atomic E-state index is 11.7. The lowest BCUT2D eigenvalue weighted by Crippen LogP contribution is -2.35. The van der Waals surface area contributed by atoms with Crippen molar-refractivity contribution in [2.24, 2.45) is 11.8 Å². The fourth-order valence-electron chi connectivity index (χ4n) is 1.95. The number of hydrogen-bond acceptors (Lipinski definition) is 3. The molecule has 0 heterocycles. The van der Waals surface area contributed by atoms with Crippen molar-refractivity contribution in [3.8, 4) is 0 Å². The molecule has 0 spiro atoms. The Hall–Kier alpha value is -2.08. The van der Waals surface area contributed by atoms with Gasteiger partial charge in [0.1, 0.15) is 0 Å². The van der Waals surface area contributed by atoms with E-state index in [1.807, 2.05) is 0 Å². The van der Waals surface area contributed by atoms with Gasteiger partial charge in [0, 0.05) is 23.7 Å². The number of carboxylic acids is 1. The molecule has 0 radical (unpaired) electrons. The molecule has 0 aliphatic heterocycles. The molecule has 1 aromatic carbocycles. The van der Waals surface area contributed by atoms with Crippen molar-refractivity contribution in [3.05, 3.63) is 34.9 Å². The van der Waals surface area contributed by atoms with Gasteiger partial charge in [-0.25, -0.2) is 0 Å². The standard InChI is InChI=1S/C14H15ClN2O4/c15-9-3-1-8(2-4-9)12(18)16-5-6-17-13(19)10-7-11(10)14(20)21/h1-4,10-11H,5-7H2,(H,16,18)(H,17,19)(H,20,21). The SMILES string of the molecule is O=C(NCCNC(=O)C1CC1C(=O)O)c1ccc(Cl)cc1. The van der Waals surface area contributed by atoms with Gasteiger partial charge in [-0.15, -0.1) is 0 Å². The summed E-state index contributed by atoms with van der Waals surface area (Å²) in [7, 11) is 0. The molecule has 2 rings (SSSR count). The molecule has 1 aromatic rings. The Balaban J connectivity index is 1.66. The lowest BCUT2D eigenvalue weighted by molar-refractivity contribution is -0.140. The summed E-state index contributed by atoms with van der Waals surface area (Å²) < 4.78 is 0. The van der Waals surface area contributed by atoms with E-state index in [0.29, 0.717) is 17.0 Å². The molecule has 2 unspecified atom stereocenters. The van der Waals surface area contributed by atoms with Crippen molar-refractivity contribution in [2.75, 3.05) is 13.1 Å². The number of hydrogen-bond donors (Lipinski definition) is 3. The Morgan fingerprint density at radius 2 is 1.71 bits per heavy atom. The minimum absolute atomic E-state index is 0.254. The van der Waals surface area contributed by atoms with E-state index >= 15 is 0 Å². The van der Waals surface area contributed by atoms with Gasteiger partial charge < -0.3 is 15.7 Å². The van der Waals surface area contributed by atoms with Crippen LogP contribution < -0.4 is 10.6 Å². The molecule has 6 nitrogen and oxygen atoms in total. The predicted molar refractivity (Wildman–Crippen MR) is 76.0 cm³/mol. The van der Waals surface area contributed by atoms with Crippen molar-refractivity contribution < 1.29 is 19.5 Å². The number of carboxylic acid groups (broad SMARTS) is 1. The van der Waals surface area contributed by atoms with Gasteiger partial charge in [0.15, 0.2) is 0 Å². The van der Waals surface area contributed by atoms with Gasteiger partial charge >= 0.3 is 5.97 Å². The zero-order valence-electron chi connectivity index (χ0n) is 11.1. The average molecular weight is 311 g/mol. The van der Waals surface area contributed by atoms with Gasteiger partial charge in [0.25, 0.3) is 5.91 Å². The highest BCUT2D eigenvalue weighted by atomic mass is 35.5. The van der Waals surface area contributed by atoms with Crippen molar-refractivity contribution in [1.29, 1.82) is 0 Å². The second-order valence-electron chi connectivity index (χ2n) is 4.84. The van der Waals surface area contributed by atoms with E-state index in [1.165, 1.54) is 0 Å². The van der Waals surface area contributed by atoms with Crippen LogP contribution in [0.15, 0.2) is 24.3 Å². The average Bonchev–Trinajstić information content (AvgIpc) is 3.24. The molecule has 7 heteroatoms. The van der Waals surface area contributed by atoms with Crippen LogP contribution in [0.25, 0.3) is 0 Å². The summed E-state index contributed by atoms with van der Waals surface area (Å²) in [6.45, 7) is 0.540. The van der Waals surface area contributed by atoms with Gasteiger partial charge in [-0.2, -0.15) is 0 Å². The summed E-state index contributed by atoms with van der Waals surface area (Å²) in [6.07, 6.45) is 0.387. The molecule has 1 fully saturated rings. The highest BCUT2D eigenvalue weighted by Crippen LogP contribution is 2.38. The molecule has 0 saturated heterocycles. The molecule has 1 aliphatic rings. The van der Waals surface area contributed by atoms with Crippen molar-refractivity contribution in [1.82, 2.24) is 10.6 Å². The van der Waals surface area contributed by atoms with E-state index in [1.54, 1.807) is 24.3 Å². The molecule has 2 amide bonds. The van der Waals surface area contributed by atoms with Crippen LogP contribution in [0.5, 0.6) is 0 Å². The Morgan fingerprint density at radius 3 is 2.29 bits per heavy atom. The van der Waals surface area contributed by atoms with E-state index in [9.17, 15) is 14.4 Å². The van der Waals surface area contributed by atoms with Gasteiger partial charge in [0.2, 0.25) is 5.91 Å². The van der Waals surface area contributed by atoms with Crippen LogP contribution in [0.2, 0.25) is 5.02 Å². The van der Waals surface area contributed by atoms with Crippen LogP contribution in [0.3, 0.4) is 0 Å². The molecule has 2 atom stereocenters. The number of benzene rings is 1. The molecule has 1 saturated carbocycles. The zero-order chi connectivity index (χ0) is 15.4. The fraction of sp³-hybridized carbons (Fsp3) is 0.357. The molecule has 1 aliphatic carbocycles. The fourth-order valence-corrected chi connectivity index (χ4v) is 2.08. The Kier molecular flexibility index (Phi) is 4.80. The minimum atomic E-state index is -0.939. The number of carbonyl (C=O) groups excluding carboxylic acids is 2. The second-order valence-corrected chi connectivity index (χ2v) is 5.28. The van der Waals surface area contributed by atoms with Crippen molar-refractivity contribution in [2.45, 2.75) is 6.42 Å². The molecule has 112 valence electrons. The third-order valence-electron chi connectivity index (χ3n) is 3.26. The lowest BCUT2D eigenvalue weighted by Gasteiger charge is -2.07. The first-order valence-corrected chi connectivity index (χ1v) is 6.91.